The number of nitrogens with zero attached hydrogens (tertiary/aromatic N) is 1. The van der Waals surface area contributed by atoms with Gasteiger partial charge in [0.15, 0.2) is 11.5 Å². The monoisotopic (exact) mass is 368 g/mol. The SMILES string of the molecule is CCc1[nH]c(Cc2ccc(OC)c(OC)c2)nc(=S)c1Br. The van der Waals surface area contributed by atoms with E-state index in [0.29, 0.717) is 22.6 Å². The highest BCUT2D eigenvalue weighted by molar-refractivity contribution is 9.10. The third kappa shape index (κ3) is 3.63. The highest BCUT2D eigenvalue weighted by Crippen LogP contribution is 2.28. The maximum Gasteiger partial charge on any atom is 0.161 e. The summed E-state index contributed by atoms with van der Waals surface area (Å²) in [5.74, 6) is 2.26. The summed E-state index contributed by atoms with van der Waals surface area (Å²) in [5, 5.41) is 0. The predicted molar refractivity (Wildman–Crippen MR) is 88.9 cm³/mol. The summed E-state index contributed by atoms with van der Waals surface area (Å²) < 4.78 is 12.0. The molecule has 2 aromatic rings. The Morgan fingerprint density at radius 3 is 2.57 bits per heavy atom. The van der Waals surface area contributed by atoms with Gasteiger partial charge in [0.2, 0.25) is 0 Å². The van der Waals surface area contributed by atoms with E-state index >= 15 is 0 Å². The molecule has 0 saturated heterocycles. The van der Waals surface area contributed by atoms with E-state index in [1.165, 1.54) is 0 Å². The lowest BCUT2D eigenvalue weighted by atomic mass is 10.1. The van der Waals surface area contributed by atoms with E-state index < -0.39 is 0 Å². The van der Waals surface area contributed by atoms with E-state index in [1.807, 2.05) is 18.2 Å². The Bertz CT molecular complexity index is 701. The van der Waals surface area contributed by atoms with Crippen LogP contribution in [0.3, 0.4) is 0 Å². The minimum absolute atomic E-state index is 0.584. The first-order valence-electron chi connectivity index (χ1n) is 6.57. The van der Waals surface area contributed by atoms with Crippen molar-refractivity contribution >= 4 is 28.1 Å². The predicted octanol–water partition coefficient (Wildman–Crippen LogP) is 4.07. The van der Waals surface area contributed by atoms with Gasteiger partial charge in [-0.1, -0.05) is 25.2 Å². The number of methoxy groups -OCH3 is 2. The van der Waals surface area contributed by atoms with Gasteiger partial charge in [-0.3, -0.25) is 0 Å². The van der Waals surface area contributed by atoms with Crippen molar-refractivity contribution in [1.29, 1.82) is 0 Å². The fourth-order valence-corrected chi connectivity index (χ4v) is 2.77. The number of hydrogen-bond acceptors (Lipinski definition) is 4. The van der Waals surface area contributed by atoms with Crippen molar-refractivity contribution in [2.75, 3.05) is 14.2 Å². The molecule has 1 aromatic carbocycles. The van der Waals surface area contributed by atoms with Crippen molar-refractivity contribution in [2.45, 2.75) is 19.8 Å². The topological polar surface area (TPSA) is 47.1 Å². The van der Waals surface area contributed by atoms with Gasteiger partial charge in [-0.05, 0) is 40.0 Å². The molecule has 0 saturated carbocycles. The van der Waals surface area contributed by atoms with Gasteiger partial charge in [0.25, 0.3) is 0 Å². The molecule has 0 bridgehead atoms. The Morgan fingerprint density at radius 1 is 1.24 bits per heavy atom. The van der Waals surface area contributed by atoms with Crippen LogP contribution in [0.5, 0.6) is 11.5 Å². The average molecular weight is 369 g/mol. The van der Waals surface area contributed by atoms with Crippen LogP contribution in [-0.4, -0.2) is 24.2 Å². The number of rotatable bonds is 5. The molecule has 21 heavy (non-hydrogen) atoms. The summed E-state index contributed by atoms with van der Waals surface area (Å²) in [4.78, 5) is 7.74. The highest BCUT2D eigenvalue weighted by atomic mass is 79.9. The lowest BCUT2D eigenvalue weighted by Crippen LogP contribution is -2.02. The Morgan fingerprint density at radius 2 is 1.95 bits per heavy atom. The maximum atomic E-state index is 5.32. The number of halogens is 1. The number of aryl methyl sites for hydroxylation is 1. The molecule has 0 aliphatic carbocycles. The number of aromatic nitrogens is 2. The van der Waals surface area contributed by atoms with Crippen LogP contribution >= 0.6 is 28.1 Å². The Balaban J connectivity index is 2.34. The van der Waals surface area contributed by atoms with Crippen molar-refractivity contribution < 1.29 is 9.47 Å². The Hall–Kier alpha value is -1.40. The molecule has 0 radical (unpaired) electrons. The average Bonchev–Trinajstić information content (AvgIpc) is 2.50. The molecule has 1 heterocycles. The van der Waals surface area contributed by atoms with Gasteiger partial charge >= 0.3 is 0 Å². The van der Waals surface area contributed by atoms with Crippen LogP contribution in [0.4, 0.5) is 0 Å². The molecule has 0 aliphatic rings. The van der Waals surface area contributed by atoms with Crippen molar-refractivity contribution in [3.63, 3.8) is 0 Å². The fourth-order valence-electron chi connectivity index (χ4n) is 2.07. The summed E-state index contributed by atoms with van der Waals surface area (Å²) in [7, 11) is 3.25. The van der Waals surface area contributed by atoms with Gasteiger partial charge in [-0.15, -0.1) is 0 Å². The van der Waals surface area contributed by atoms with E-state index in [9.17, 15) is 0 Å². The number of benzene rings is 1. The summed E-state index contributed by atoms with van der Waals surface area (Å²) in [6.07, 6.45) is 1.52. The molecule has 0 amide bonds. The summed E-state index contributed by atoms with van der Waals surface area (Å²) in [6.45, 7) is 2.07. The molecule has 1 aromatic heterocycles. The molecule has 0 aliphatic heterocycles. The number of H-pyrrole nitrogens is 1. The number of hydrogen-bond donors (Lipinski definition) is 1. The quantitative estimate of drug-likeness (QED) is 0.807. The van der Waals surface area contributed by atoms with E-state index in [1.54, 1.807) is 14.2 Å². The van der Waals surface area contributed by atoms with E-state index in [0.717, 1.165) is 28.0 Å². The molecule has 112 valence electrons. The number of ether oxygens (including phenoxy) is 2. The highest BCUT2D eigenvalue weighted by Gasteiger charge is 2.08. The molecule has 2 rings (SSSR count). The molecular formula is C15H17BrN2O2S. The molecule has 6 heteroatoms. The van der Waals surface area contributed by atoms with Crippen molar-refractivity contribution in [3.05, 3.63) is 44.4 Å². The van der Waals surface area contributed by atoms with Gasteiger partial charge in [-0.2, -0.15) is 0 Å². The van der Waals surface area contributed by atoms with Crippen LogP contribution in [0, 0.1) is 4.64 Å². The fraction of sp³-hybridized carbons (Fsp3) is 0.333. The molecule has 0 atom stereocenters. The first kappa shape index (κ1) is 16.0. The zero-order valence-corrected chi connectivity index (χ0v) is 14.6. The number of nitrogens with one attached hydrogen (secondary N) is 1. The van der Waals surface area contributed by atoms with Gasteiger partial charge in [0, 0.05) is 12.1 Å². The summed E-state index contributed by atoms with van der Waals surface area (Å²) in [5.41, 5.74) is 2.14. The minimum Gasteiger partial charge on any atom is -0.493 e. The van der Waals surface area contributed by atoms with Gasteiger partial charge in [-0.25, -0.2) is 4.98 Å². The van der Waals surface area contributed by atoms with E-state index in [4.69, 9.17) is 21.7 Å². The van der Waals surface area contributed by atoms with Gasteiger partial charge in [0.1, 0.15) is 10.5 Å². The standard InChI is InChI=1S/C15H17BrN2O2S/c1-4-10-14(16)15(21)18-13(17-10)8-9-5-6-11(19-2)12(7-9)20-3/h5-7H,4,8H2,1-3H3,(H,17,18,21). The molecular weight excluding hydrogens is 352 g/mol. The normalized spacial score (nSPS) is 10.5. The molecule has 4 nitrogen and oxygen atoms in total. The first-order chi connectivity index (χ1) is 10.1. The maximum absolute atomic E-state index is 5.32. The molecule has 1 N–H and O–H groups in total. The van der Waals surface area contributed by atoms with E-state index in [-0.39, 0.29) is 0 Å². The van der Waals surface area contributed by atoms with Crippen LogP contribution in [-0.2, 0) is 12.8 Å². The van der Waals surface area contributed by atoms with Crippen molar-refractivity contribution in [2.24, 2.45) is 0 Å². The van der Waals surface area contributed by atoms with E-state index in [2.05, 4.69) is 32.8 Å². The first-order valence-corrected chi connectivity index (χ1v) is 7.77. The Kier molecular flexibility index (Phi) is 5.36. The van der Waals surface area contributed by atoms with Crippen LogP contribution in [0.2, 0.25) is 0 Å². The molecule has 0 unspecified atom stereocenters. The van der Waals surface area contributed by atoms with Gasteiger partial charge in [0.05, 0.1) is 18.7 Å². The minimum atomic E-state index is 0.584. The lowest BCUT2D eigenvalue weighted by Gasteiger charge is -2.10. The van der Waals surface area contributed by atoms with Crippen LogP contribution in [0.25, 0.3) is 0 Å². The van der Waals surface area contributed by atoms with Crippen LogP contribution < -0.4 is 9.47 Å². The zero-order chi connectivity index (χ0) is 15.4. The summed E-state index contributed by atoms with van der Waals surface area (Å²) in [6, 6.07) is 5.83. The second kappa shape index (κ2) is 7.04. The largest absolute Gasteiger partial charge is 0.493 e. The second-order valence-electron chi connectivity index (χ2n) is 4.50. The van der Waals surface area contributed by atoms with Crippen molar-refractivity contribution in [3.8, 4) is 11.5 Å². The lowest BCUT2D eigenvalue weighted by molar-refractivity contribution is 0.354. The smallest absolute Gasteiger partial charge is 0.161 e. The zero-order valence-electron chi connectivity index (χ0n) is 12.2. The third-order valence-electron chi connectivity index (χ3n) is 3.16. The third-order valence-corrected chi connectivity index (χ3v) is 4.57. The van der Waals surface area contributed by atoms with Gasteiger partial charge < -0.3 is 14.5 Å². The van der Waals surface area contributed by atoms with Crippen LogP contribution in [0.15, 0.2) is 22.7 Å². The van der Waals surface area contributed by atoms with Crippen LogP contribution in [0.1, 0.15) is 24.0 Å². The van der Waals surface area contributed by atoms with Crippen molar-refractivity contribution in [1.82, 2.24) is 9.97 Å². The molecule has 0 spiro atoms. The second-order valence-corrected chi connectivity index (χ2v) is 5.68. The summed E-state index contributed by atoms with van der Waals surface area (Å²) >= 11 is 8.74. The number of aromatic amines is 1. The molecule has 0 fully saturated rings. The Labute approximate surface area is 137 Å².